The van der Waals surface area contributed by atoms with Crippen molar-refractivity contribution in [3.05, 3.63) is 53.6 Å². The van der Waals surface area contributed by atoms with E-state index >= 15 is 0 Å². The van der Waals surface area contributed by atoms with E-state index in [-0.39, 0.29) is 18.3 Å². The van der Waals surface area contributed by atoms with Crippen LogP contribution in [-0.4, -0.2) is 44.0 Å². The Kier molecular flexibility index (Phi) is 10.1. The normalized spacial score (nSPS) is 10.4. The maximum Gasteiger partial charge on any atom is 0.316 e. The first-order valence-electron chi connectivity index (χ1n) is 10.0. The van der Waals surface area contributed by atoms with E-state index in [0.29, 0.717) is 37.7 Å². The highest BCUT2D eigenvalue weighted by Gasteiger charge is 2.09. The van der Waals surface area contributed by atoms with Crippen molar-refractivity contribution < 1.29 is 23.8 Å². The third kappa shape index (κ3) is 8.37. The van der Waals surface area contributed by atoms with Crippen LogP contribution in [0.4, 0.5) is 0 Å². The van der Waals surface area contributed by atoms with Crippen LogP contribution in [0.25, 0.3) is 0 Å². The Hall–Kier alpha value is -2.67. The van der Waals surface area contributed by atoms with E-state index in [2.05, 4.69) is 5.32 Å². The van der Waals surface area contributed by atoms with Crippen molar-refractivity contribution in [2.45, 2.75) is 32.1 Å². The van der Waals surface area contributed by atoms with Gasteiger partial charge in [-0.1, -0.05) is 23.8 Å². The quantitative estimate of drug-likeness (QED) is 0.407. The summed E-state index contributed by atoms with van der Waals surface area (Å²) in [5, 5.41) is 2.76. The number of thioether (sulfide) groups is 1. The summed E-state index contributed by atoms with van der Waals surface area (Å²) in [5.41, 5.74) is 2.19. The minimum atomic E-state index is -0.413. The van der Waals surface area contributed by atoms with E-state index in [1.54, 1.807) is 0 Å². The predicted octanol–water partition coefficient (Wildman–Crippen LogP) is 3.79. The summed E-state index contributed by atoms with van der Waals surface area (Å²) in [4.78, 5) is 24.7. The summed E-state index contributed by atoms with van der Waals surface area (Å²) in [7, 11) is 0. The number of benzene rings is 2. The summed E-state index contributed by atoms with van der Waals surface area (Å²) < 4.78 is 16.2. The summed E-state index contributed by atoms with van der Waals surface area (Å²) >= 11 is 1.39. The number of carbonyl (C=O) groups excluding carboxylic acids is 2. The van der Waals surface area contributed by atoms with Gasteiger partial charge in [0.2, 0.25) is 0 Å². The molecule has 0 fully saturated rings. The lowest BCUT2D eigenvalue weighted by Crippen LogP contribution is -2.30. The molecule has 7 heteroatoms. The third-order valence-corrected chi connectivity index (χ3v) is 5.07. The van der Waals surface area contributed by atoms with Crippen LogP contribution >= 0.6 is 11.8 Å². The molecule has 1 amide bonds. The molecule has 1 N–H and O–H groups in total. The summed E-state index contributed by atoms with van der Waals surface area (Å²) in [5.74, 6) is 0.844. The molecule has 0 atom stereocenters. The number of nitrogens with one attached hydrogen (secondary N) is 1. The van der Waals surface area contributed by atoms with Crippen LogP contribution in [0.5, 0.6) is 11.5 Å². The van der Waals surface area contributed by atoms with Gasteiger partial charge in [0, 0.05) is 11.4 Å². The number of rotatable bonds is 12. The standard InChI is InChI=1S/C23H29NO5S/c1-4-27-20-11-8-18(14-21(20)28-5-2)12-13-24-22(25)15-29-23(26)16-30-19-9-6-17(3)7-10-19/h6-11,14H,4-5,12-13,15-16H2,1-3H3,(H,24,25). The van der Waals surface area contributed by atoms with E-state index in [1.165, 1.54) is 11.8 Å². The highest BCUT2D eigenvalue weighted by Crippen LogP contribution is 2.28. The van der Waals surface area contributed by atoms with Crippen LogP contribution in [0.3, 0.4) is 0 Å². The molecule has 0 aliphatic carbocycles. The van der Waals surface area contributed by atoms with Crippen LogP contribution < -0.4 is 14.8 Å². The molecule has 6 nitrogen and oxygen atoms in total. The second-order valence-corrected chi connectivity index (χ2v) is 7.56. The molecule has 0 aromatic heterocycles. The SMILES string of the molecule is CCOc1ccc(CCNC(=O)COC(=O)CSc2ccc(C)cc2)cc1OCC. The van der Waals surface area contributed by atoms with Crippen LogP contribution in [0.2, 0.25) is 0 Å². The van der Waals surface area contributed by atoms with Gasteiger partial charge in [-0.3, -0.25) is 9.59 Å². The number of ether oxygens (including phenoxy) is 3. The topological polar surface area (TPSA) is 73.9 Å². The molecule has 0 unspecified atom stereocenters. The van der Waals surface area contributed by atoms with E-state index in [4.69, 9.17) is 14.2 Å². The summed E-state index contributed by atoms with van der Waals surface area (Å²) in [6.07, 6.45) is 0.634. The van der Waals surface area contributed by atoms with Gasteiger partial charge in [-0.25, -0.2) is 0 Å². The van der Waals surface area contributed by atoms with Gasteiger partial charge in [0.25, 0.3) is 5.91 Å². The molecule has 0 saturated carbocycles. The van der Waals surface area contributed by atoms with Gasteiger partial charge in [-0.2, -0.15) is 0 Å². The zero-order valence-electron chi connectivity index (χ0n) is 17.7. The average Bonchev–Trinajstić information content (AvgIpc) is 2.74. The molecule has 0 saturated heterocycles. The highest BCUT2D eigenvalue weighted by atomic mass is 32.2. The molecule has 0 heterocycles. The van der Waals surface area contributed by atoms with Crippen molar-refractivity contribution in [1.29, 1.82) is 0 Å². The number of amides is 1. The summed E-state index contributed by atoms with van der Waals surface area (Å²) in [6, 6.07) is 13.6. The zero-order valence-corrected chi connectivity index (χ0v) is 18.6. The van der Waals surface area contributed by atoms with Crippen LogP contribution in [0.15, 0.2) is 47.4 Å². The fraction of sp³-hybridized carbons (Fsp3) is 0.391. The van der Waals surface area contributed by atoms with Gasteiger partial charge in [-0.15, -0.1) is 11.8 Å². The van der Waals surface area contributed by atoms with Gasteiger partial charge >= 0.3 is 5.97 Å². The molecule has 0 aliphatic rings. The molecule has 0 bridgehead atoms. The Morgan fingerprint density at radius 1 is 0.967 bits per heavy atom. The van der Waals surface area contributed by atoms with Gasteiger partial charge in [-0.05, 0) is 57.0 Å². The molecular formula is C23H29NO5S. The van der Waals surface area contributed by atoms with Crippen LogP contribution in [-0.2, 0) is 20.7 Å². The van der Waals surface area contributed by atoms with Crippen molar-refractivity contribution in [3.8, 4) is 11.5 Å². The molecule has 0 radical (unpaired) electrons. The Labute approximate surface area is 182 Å². The second kappa shape index (κ2) is 12.8. The average molecular weight is 432 g/mol. The van der Waals surface area contributed by atoms with E-state index in [9.17, 15) is 9.59 Å². The zero-order chi connectivity index (χ0) is 21.8. The molecule has 2 rings (SSSR count). The first-order chi connectivity index (χ1) is 14.5. The molecule has 0 spiro atoms. The first-order valence-corrected chi connectivity index (χ1v) is 11.0. The summed E-state index contributed by atoms with van der Waals surface area (Å²) in [6.45, 7) is 7.13. The Morgan fingerprint density at radius 3 is 2.37 bits per heavy atom. The van der Waals surface area contributed by atoms with Gasteiger partial charge in [0.1, 0.15) is 0 Å². The van der Waals surface area contributed by atoms with Gasteiger partial charge < -0.3 is 19.5 Å². The lowest BCUT2D eigenvalue weighted by Gasteiger charge is -2.12. The fourth-order valence-electron chi connectivity index (χ4n) is 2.61. The Balaban J connectivity index is 1.68. The molecule has 0 aliphatic heterocycles. The van der Waals surface area contributed by atoms with Crippen LogP contribution in [0, 0.1) is 6.92 Å². The van der Waals surface area contributed by atoms with Crippen molar-refractivity contribution in [1.82, 2.24) is 5.32 Å². The Bertz CT molecular complexity index is 823. The first kappa shape index (κ1) is 23.6. The molecular weight excluding hydrogens is 402 g/mol. The molecule has 2 aromatic carbocycles. The van der Waals surface area contributed by atoms with E-state index in [0.717, 1.165) is 16.0 Å². The maximum atomic E-state index is 11.9. The monoisotopic (exact) mass is 431 g/mol. The third-order valence-electron chi connectivity index (χ3n) is 4.09. The smallest absolute Gasteiger partial charge is 0.316 e. The fourth-order valence-corrected chi connectivity index (χ4v) is 3.31. The Morgan fingerprint density at radius 2 is 1.67 bits per heavy atom. The number of aryl methyl sites for hydroxylation is 1. The maximum absolute atomic E-state index is 11.9. The predicted molar refractivity (Wildman–Crippen MR) is 118 cm³/mol. The van der Waals surface area contributed by atoms with Crippen molar-refractivity contribution in [2.75, 3.05) is 32.1 Å². The minimum Gasteiger partial charge on any atom is -0.490 e. The van der Waals surface area contributed by atoms with Gasteiger partial charge in [0.15, 0.2) is 18.1 Å². The van der Waals surface area contributed by atoms with Crippen molar-refractivity contribution in [3.63, 3.8) is 0 Å². The number of carbonyl (C=O) groups is 2. The number of hydrogen-bond donors (Lipinski definition) is 1. The van der Waals surface area contributed by atoms with E-state index in [1.807, 2.05) is 63.2 Å². The molecule has 30 heavy (non-hydrogen) atoms. The number of esters is 1. The lowest BCUT2D eigenvalue weighted by atomic mass is 10.1. The lowest BCUT2D eigenvalue weighted by molar-refractivity contribution is -0.145. The second-order valence-electron chi connectivity index (χ2n) is 6.51. The van der Waals surface area contributed by atoms with Gasteiger partial charge in [0.05, 0.1) is 19.0 Å². The highest BCUT2D eigenvalue weighted by molar-refractivity contribution is 8.00. The van der Waals surface area contributed by atoms with Crippen molar-refractivity contribution in [2.24, 2.45) is 0 Å². The van der Waals surface area contributed by atoms with Crippen LogP contribution in [0.1, 0.15) is 25.0 Å². The largest absolute Gasteiger partial charge is 0.490 e. The molecule has 162 valence electrons. The van der Waals surface area contributed by atoms with Crippen molar-refractivity contribution >= 4 is 23.6 Å². The number of hydrogen-bond acceptors (Lipinski definition) is 6. The minimum absolute atomic E-state index is 0.169. The molecule has 2 aromatic rings. The van der Waals surface area contributed by atoms with E-state index < -0.39 is 5.97 Å².